The first-order valence-corrected chi connectivity index (χ1v) is 4.73. The Hall–Kier alpha value is -0.810. The van der Waals surface area contributed by atoms with Gasteiger partial charge in [0.05, 0.1) is 0 Å². The average Bonchev–Trinajstić information content (AvgIpc) is 2.15. The minimum absolute atomic E-state index is 0.203. The number of carbonyl (C=O) groups excluding carboxylic acids is 2. The van der Waals surface area contributed by atoms with Crippen molar-refractivity contribution in [2.45, 2.75) is 20.1 Å². The highest BCUT2D eigenvalue weighted by Gasteiger charge is 2.19. The molecular formula is C8H14ClNO4. The summed E-state index contributed by atoms with van der Waals surface area (Å²) in [5.41, 5.74) is 0. The summed E-state index contributed by atoms with van der Waals surface area (Å²) >= 11 is 5.32. The fourth-order valence-corrected chi connectivity index (χ4v) is 1.07. The standard InChI is InChI=1S/C8H14ClNO4/c1-3-10(7(12)4-9)8(13)5-14-6(2)11/h8,13H,3-5H2,1-2H3. The first-order chi connectivity index (χ1) is 6.52. The lowest BCUT2D eigenvalue weighted by atomic mass is 10.4. The lowest BCUT2D eigenvalue weighted by molar-refractivity contribution is -0.155. The molecule has 0 heterocycles. The number of halogens is 1. The predicted octanol–water partition coefficient (Wildman–Crippen LogP) is -0.0448. The van der Waals surface area contributed by atoms with E-state index >= 15 is 0 Å². The molecular weight excluding hydrogens is 210 g/mol. The van der Waals surface area contributed by atoms with Crippen molar-refractivity contribution in [1.82, 2.24) is 4.90 Å². The topological polar surface area (TPSA) is 66.8 Å². The minimum Gasteiger partial charge on any atom is -0.461 e. The number of amides is 1. The molecule has 1 atom stereocenters. The number of rotatable bonds is 5. The van der Waals surface area contributed by atoms with Gasteiger partial charge in [0, 0.05) is 13.5 Å². The second kappa shape index (κ2) is 6.62. The van der Waals surface area contributed by atoms with Crippen LogP contribution < -0.4 is 0 Å². The Balaban J connectivity index is 4.10. The normalized spacial score (nSPS) is 12.0. The summed E-state index contributed by atoms with van der Waals surface area (Å²) in [6, 6.07) is 0. The number of likely N-dealkylation sites (N-methyl/N-ethyl adjacent to an activating group) is 1. The van der Waals surface area contributed by atoms with E-state index in [1.807, 2.05) is 0 Å². The number of hydrogen-bond donors (Lipinski definition) is 1. The van der Waals surface area contributed by atoms with Crippen molar-refractivity contribution in [1.29, 1.82) is 0 Å². The zero-order valence-corrected chi connectivity index (χ0v) is 8.95. The van der Waals surface area contributed by atoms with E-state index in [1.165, 1.54) is 6.92 Å². The van der Waals surface area contributed by atoms with Crippen LogP contribution in [0.25, 0.3) is 0 Å². The molecule has 0 radical (unpaired) electrons. The molecule has 1 amide bonds. The third-order valence-corrected chi connectivity index (χ3v) is 1.80. The van der Waals surface area contributed by atoms with Gasteiger partial charge in [-0.3, -0.25) is 9.59 Å². The third kappa shape index (κ3) is 4.43. The highest BCUT2D eigenvalue weighted by molar-refractivity contribution is 6.27. The van der Waals surface area contributed by atoms with Crippen LogP contribution in [0.3, 0.4) is 0 Å². The molecule has 82 valence electrons. The fraction of sp³-hybridized carbons (Fsp3) is 0.750. The summed E-state index contributed by atoms with van der Waals surface area (Å²) in [5, 5.41) is 9.43. The second-order valence-corrected chi connectivity index (χ2v) is 2.86. The molecule has 14 heavy (non-hydrogen) atoms. The number of esters is 1. The maximum atomic E-state index is 11.1. The largest absolute Gasteiger partial charge is 0.461 e. The van der Waals surface area contributed by atoms with Crippen LogP contribution in [0.4, 0.5) is 0 Å². The van der Waals surface area contributed by atoms with Gasteiger partial charge in [0.2, 0.25) is 5.91 Å². The SMILES string of the molecule is CCN(C(=O)CCl)C(O)COC(C)=O. The number of carbonyl (C=O) groups is 2. The number of hydrogen-bond acceptors (Lipinski definition) is 4. The highest BCUT2D eigenvalue weighted by atomic mass is 35.5. The Morgan fingerprint density at radius 1 is 1.57 bits per heavy atom. The zero-order chi connectivity index (χ0) is 11.1. The quantitative estimate of drug-likeness (QED) is 0.403. The molecule has 0 rings (SSSR count). The number of aliphatic hydroxyl groups is 1. The Bertz CT molecular complexity index is 210. The summed E-state index contributed by atoms with van der Waals surface area (Å²) in [6.07, 6.45) is -1.13. The molecule has 0 spiro atoms. The van der Waals surface area contributed by atoms with Crippen molar-refractivity contribution in [3.05, 3.63) is 0 Å². The molecule has 0 bridgehead atoms. The van der Waals surface area contributed by atoms with Gasteiger partial charge >= 0.3 is 5.97 Å². The smallest absolute Gasteiger partial charge is 0.302 e. The molecule has 0 aromatic carbocycles. The van der Waals surface area contributed by atoms with Crippen LogP contribution in [-0.2, 0) is 14.3 Å². The van der Waals surface area contributed by atoms with Crippen molar-refractivity contribution in [3.63, 3.8) is 0 Å². The van der Waals surface area contributed by atoms with Gasteiger partial charge in [-0.1, -0.05) is 0 Å². The number of ether oxygens (including phenoxy) is 1. The maximum absolute atomic E-state index is 11.1. The van der Waals surface area contributed by atoms with Gasteiger partial charge in [-0.05, 0) is 6.92 Å². The number of alkyl halides is 1. The molecule has 0 aliphatic rings. The van der Waals surface area contributed by atoms with E-state index in [1.54, 1.807) is 6.92 Å². The van der Waals surface area contributed by atoms with Crippen LogP contribution in [0.5, 0.6) is 0 Å². The fourth-order valence-electron chi connectivity index (χ4n) is 0.912. The molecule has 1 unspecified atom stereocenters. The van der Waals surface area contributed by atoms with Gasteiger partial charge in [-0.15, -0.1) is 11.6 Å². The van der Waals surface area contributed by atoms with E-state index in [2.05, 4.69) is 4.74 Å². The molecule has 0 aliphatic heterocycles. The van der Waals surface area contributed by atoms with Crippen molar-refractivity contribution in [3.8, 4) is 0 Å². The van der Waals surface area contributed by atoms with Crippen LogP contribution >= 0.6 is 11.6 Å². The number of nitrogens with zero attached hydrogens (tertiary/aromatic N) is 1. The molecule has 6 heteroatoms. The van der Waals surface area contributed by atoms with Crippen LogP contribution in [0.2, 0.25) is 0 Å². The van der Waals surface area contributed by atoms with Gasteiger partial charge in [-0.2, -0.15) is 0 Å². The first-order valence-electron chi connectivity index (χ1n) is 4.19. The predicted molar refractivity (Wildman–Crippen MR) is 50.7 cm³/mol. The van der Waals surface area contributed by atoms with Crippen LogP contribution in [0.1, 0.15) is 13.8 Å². The summed E-state index contributed by atoms with van der Waals surface area (Å²) in [7, 11) is 0. The lowest BCUT2D eigenvalue weighted by Crippen LogP contribution is -2.43. The minimum atomic E-state index is -1.13. The van der Waals surface area contributed by atoms with E-state index < -0.39 is 18.1 Å². The lowest BCUT2D eigenvalue weighted by Gasteiger charge is -2.25. The van der Waals surface area contributed by atoms with Gasteiger partial charge in [-0.25, -0.2) is 0 Å². The molecule has 0 fully saturated rings. The van der Waals surface area contributed by atoms with Crippen LogP contribution in [0, 0.1) is 0 Å². The van der Waals surface area contributed by atoms with Crippen molar-refractivity contribution < 1.29 is 19.4 Å². The van der Waals surface area contributed by atoms with Gasteiger partial charge in [0.1, 0.15) is 12.5 Å². The van der Waals surface area contributed by atoms with E-state index in [-0.39, 0.29) is 12.5 Å². The second-order valence-electron chi connectivity index (χ2n) is 2.60. The summed E-state index contributed by atoms with van der Waals surface area (Å²) in [4.78, 5) is 22.7. The van der Waals surface area contributed by atoms with E-state index in [4.69, 9.17) is 11.6 Å². The van der Waals surface area contributed by atoms with Crippen LogP contribution in [-0.4, -0.2) is 47.1 Å². The highest BCUT2D eigenvalue weighted by Crippen LogP contribution is 1.99. The van der Waals surface area contributed by atoms with E-state index in [9.17, 15) is 14.7 Å². The Morgan fingerprint density at radius 3 is 2.50 bits per heavy atom. The van der Waals surface area contributed by atoms with E-state index in [0.29, 0.717) is 6.54 Å². The Kier molecular flexibility index (Phi) is 6.23. The van der Waals surface area contributed by atoms with E-state index in [0.717, 1.165) is 4.90 Å². The Labute approximate surface area is 87.6 Å². The van der Waals surface area contributed by atoms with Gasteiger partial charge in [0.25, 0.3) is 0 Å². The molecule has 0 aromatic heterocycles. The molecule has 0 aliphatic carbocycles. The number of aliphatic hydroxyl groups excluding tert-OH is 1. The summed E-state index contributed by atoms with van der Waals surface area (Å²) in [5.74, 6) is -1.10. The van der Waals surface area contributed by atoms with Crippen LogP contribution in [0.15, 0.2) is 0 Å². The maximum Gasteiger partial charge on any atom is 0.302 e. The monoisotopic (exact) mass is 223 g/mol. The Morgan fingerprint density at radius 2 is 2.14 bits per heavy atom. The zero-order valence-electron chi connectivity index (χ0n) is 8.20. The molecule has 5 nitrogen and oxygen atoms in total. The van der Waals surface area contributed by atoms with Crippen molar-refractivity contribution in [2.24, 2.45) is 0 Å². The molecule has 0 saturated heterocycles. The third-order valence-electron chi connectivity index (χ3n) is 1.57. The van der Waals surface area contributed by atoms with Gasteiger partial charge in [0.15, 0.2) is 6.23 Å². The molecule has 0 saturated carbocycles. The van der Waals surface area contributed by atoms with Crippen molar-refractivity contribution in [2.75, 3.05) is 19.0 Å². The summed E-state index contributed by atoms with van der Waals surface area (Å²) in [6.45, 7) is 3.01. The molecule has 0 aromatic rings. The summed E-state index contributed by atoms with van der Waals surface area (Å²) < 4.78 is 4.56. The first kappa shape index (κ1) is 13.2. The average molecular weight is 224 g/mol. The van der Waals surface area contributed by atoms with Crippen molar-refractivity contribution >= 4 is 23.5 Å². The van der Waals surface area contributed by atoms with Gasteiger partial charge < -0.3 is 14.7 Å². The molecule has 1 N–H and O–H groups in total.